The molecule has 0 saturated heterocycles. The highest BCUT2D eigenvalue weighted by Crippen LogP contribution is 2.25. The molecule has 3 aromatic carbocycles. The Hall–Kier alpha value is -4.50. The minimum absolute atomic E-state index is 0.0885. The minimum atomic E-state index is -0.934. The number of aldehydes is 1. The Labute approximate surface area is 229 Å². The van der Waals surface area contributed by atoms with Gasteiger partial charge >= 0.3 is 0 Å². The largest absolute Gasteiger partial charge is 0.480 e. The van der Waals surface area contributed by atoms with Crippen LogP contribution in [0.25, 0.3) is 16.8 Å². The zero-order valence-corrected chi connectivity index (χ0v) is 22.9. The smallest absolute Gasteiger partial charge is 0.261 e. The quantitative estimate of drug-likeness (QED) is 0.227. The van der Waals surface area contributed by atoms with Crippen LogP contribution in [0.4, 0.5) is 0 Å². The van der Waals surface area contributed by atoms with Crippen LogP contribution in [0, 0.1) is 18.3 Å². The summed E-state index contributed by atoms with van der Waals surface area (Å²) in [5.74, 6) is 1.17. The van der Waals surface area contributed by atoms with Crippen molar-refractivity contribution in [2.75, 3.05) is 0 Å². The molecular weight excluding hydrogens is 486 g/mol. The molecule has 1 aromatic heterocycles. The molecule has 4 aromatic rings. The molecule has 0 bridgehead atoms. The van der Waals surface area contributed by atoms with Crippen LogP contribution in [-0.4, -0.2) is 21.4 Å². The number of aromatic nitrogens is 2. The highest BCUT2D eigenvalue weighted by atomic mass is 16.5. The maximum atomic E-state index is 13.9. The summed E-state index contributed by atoms with van der Waals surface area (Å²) >= 11 is 0. The van der Waals surface area contributed by atoms with Crippen LogP contribution in [0.1, 0.15) is 61.8 Å². The van der Waals surface area contributed by atoms with Crippen LogP contribution in [0.2, 0.25) is 0 Å². The summed E-state index contributed by atoms with van der Waals surface area (Å²) in [5, 5.41) is 9.46. The number of nitrogens with zero attached hydrogens (tertiary/aromatic N) is 3. The number of nitriles is 1. The molecule has 198 valence electrons. The van der Waals surface area contributed by atoms with Crippen molar-refractivity contribution in [1.29, 1.82) is 5.26 Å². The molecule has 0 aliphatic rings. The third-order valence-corrected chi connectivity index (χ3v) is 6.65. The fraction of sp³-hybridized carbons (Fsp3) is 0.273. The van der Waals surface area contributed by atoms with E-state index in [4.69, 9.17) is 9.72 Å². The van der Waals surface area contributed by atoms with Gasteiger partial charge in [-0.05, 0) is 80.6 Å². The van der Waals surface area contributed by atoms with Crippen LogP contribution in [0.5, 0.6) is 5.75 Å². The molecule has 1 heterocycles. The zero-order valence-electron chi connectivity index (χ0n) is 22.9. The molecule has 0 N–H and O–H groups in total. The average molecular weight is 520 g/mol. The predicted octanol–water partition coefficient (Wildman–Crippen LogP) is 6.37. The lowest BCUT2D eigenvalue weighted by Crippen LogP contribution is -2.30. The van der Waals surface area contributed by atoms with E-state index in [1.807, 2.05) is 67.6 Å². The van der Waals surface area contributed by atoms with E-state index >= 15 is 0 Å². The van der Waals surface area contributed by atoms with Crippen molar-refractivity contribution in [3.63, 3.8) is 0 Å². The minimum Gasteiger partial charge on any atom is -0.480 e. The third kappa shape index (κ3) is 6.32. The molecule has 0 amide bonds. The summed E-state index contributed by atoms with van der Waals surface area (Å²) in [5.41, 5.74) is 4.66. The predicted molar refractivity (Wildman–Crippen MR) is 153 cm³/mol. The van der Waals surface area contributed by atoms with Crippen LogP contribution in [0.15, 0.2) is 77.6 Å². The van der Waals surface area contributed by atoms with Gasteiger partial charge in [-0.1, -0.05) is 55.8 Å². The van der Waals surface area contributed by atoms with E-state index in [9.17, 15) is 14.9 Å². The van der Waals surface area contributed by atoms with Gasteiger partial charge in [0.1, 0.15) is 11.6 Å². The third-order valence-electron chi connectivity index (χ3n) is 6.65. The second-order valence-electron chi connectivity index (χ2n) is 10.2. The van der Waals surface area contributed by atoms with E-state index in [1.165, 1.54) is 0 Å². The Morgan fingerprint density at radius 3 is 2.36 bits per heavy atom. The number of unbranched alkanes of at least 4 members (excludes halogenated alkanes) is 1. The number of hydrogen-bond acceptors (Lipinski definition) is 5. The number of hydrogen-bond donors (Lipinski definition) is 0. The molecule has 0 aliphatic heterocycles. The Bertz CT molecular complexity index is 1560. The number of carbonyl (C=O) groups is 1. The van der Waals surface area contributed by atoms with Gasteiger partial charge in [-0.15, -0.1) is 0 Å². The zero-order chi connectivity index (χ0) is 28.0. The van der Waals surface area contributed by atoms with E-state index in [1.54, 1.807) is 30.5 Å². The lowest BCUT2D eigenvalue weighted by molar-refractivity contribution is -0.118. The van der Waals surface area contributed by atoms with Gasteiger partial charge in [0.15, 0.2) is 11.9 Å². The molecule has 0 radical (unpaired) electrons. The number of aryl methyl sites for hydroxylation is 2. The average Bonchev–Trinajstić information content (AvgIpc) is 2.94. The number of rotatable bonds is 10. The standard InChI is InChI=1S/C33H33N3O3/c1-5-6-11-31-30(20-24-12-14-25(15-13-24)29-10-8-7-9-26(29)21-34)32(38)36(23(2)35-31)27-16-18-28(19-17-27)39-33(3,4)22-37/h7-10,12-19,22H,5-6,11,20H2,1-4H3. The van der Waals surface area contributed by atoms with Gasteiger partial charge in [0.2, 0.25) is 0 Å². The Balaban J connectivity index is 1.70. The van der Waals surface area contributed by atoms with E-state index in [0.29, 0.717) is 34.8 Å². The lowest BCUT2D eigenvalue weighted by atomic mass is 9.96. The number of ether oxygens (including phenoxy) is 1. The highest BCUT2D eigenvalue weighted by Gasteiger charge is 2.19. The first-order valence-electron chi connectivity index (χ1n) is 13.2. The van der Waals surface area contributed by atoms with Crippen molar-refractivity contribution < 1.29 is 9.53 Å². The maximum Gasteiger partial charge on any atom is 0.261 e. The van der Waals surface area contributed by atoms with E-state index in [0.717, 1.165) is 47.9 Å². The van der Waals surface area contributed by atoms with Gasteiger partial charge in [-0.25, -0.2) is 4.98 Å². The first-order chi connectivity index (χ1) is 18.8. The molecule has 6 heteroatoms. The summed E-state index contributed by atoms with van der Waals surface area (Å²) in [6.07, 6.45) is 3.92. The van der Waals surface area contributed by atoms with Crippen molar-refractivity contribution in [3.05, 3.63) is 111 Å². The molecule has 0 spiro atoms. The molecule has 0 aliphatic carbocycles. The number of benzene rings is 3. The van der Waals surface area contributed by atoms with E-state index < -0.39 is 5.60 Å². The van der Waals surface area contributed by atoms with Crippen molar-refractivity contribution in [2.45, 2.75) is 59.0 Å². The molecular formula is C33H33N3O3. The maximum absolute atomic E-state index is 13.9. The van der Waals surface area contributed by atoms with Crippen LogP contribution < -0.4 is 10.3 Å². The highest BCUT2D eigenvalue weighted by molar-refractivity contribution is 5.70. The summed E-state index contributed by atoms with van der Waals surface area (Å²) < 4.78 is 7.37. The second-order valence-corrected chi connectivity index (χ2v) is 10.2. The Morgan fingerprint density at radius 2 is 1.72 bits per heavy atom. The van der Waals surface area contributed by atoms with Gasteiger partial charge in [0.05, 0.1) is 23.0 Å². The molecule has 0 unspecified atom stereocenters. The Kier molecular flexibility index (Phi) is 8.41. The van der Waals surface area contributed by atoms with Crippen molar-refractivity contribution in [2.24, 2.45) is 0 Å². The van der Waals surface area contributed by atoms with E-state index in [2.05, 4.69) is 13.0 Å². The topological polar surface area (TPSA) is 85.0 Å². The van der Waals surface area contributed by atoms with Gasteiger partial charge < -0.3 is 4.74 Å². The lowest BCUT2D eigenvalue weighted by Gasteiger charge is -2.20. The summed E-state index contributed by atoms with van der Waals surface area (Å²) in [6.45, 7) is 7.37. The van der Waals surface area contributed by atoms with Crippen LogP contribution >= 0.6 is 0 Å². The molecule has 4 rings (SSSR count). The molecule has 39 heavy (non-hydrogen) atoms. The monoisotopic (exact) mass is 519 g/mol. The molecule has 0 fully saturated rings. The first kappa shape index (κ1) is 27.5. The summed E-state index contributed by atoms with van der Waals surface area (Å²) in [7, 11) is 0. The van der Waals surface area contributed by atoms with Crippen molar-refractivity contribution >= 4 is 6.29 Å². The van der Waals surface area contributed by atoms with E-state index in [-0.39, 0.29) is 5.56 Å². The SMILES string of the molecule is CCCCc1nc(C)n(-c2ccc(OC(C)(C)C=O)cc2)c(=O)c1Cc1ccc(-c2ccccc2C#N)cc1. The molecule has 6 nitrogen and oxygen atoms in total. The van der Waals surface area contributed by atoms with Crippen molar-refractivity contribution in [1.82, 2.24) is 9.55 Å². The van der Waals surface area contributed by atoms with Crippen LogP contribution in [-0.2, 0) is 17.6 Å². The van der Waals surface area contributed by atoms with Gasteiger partial charge in [-0.3, -0.25) is 14.2 Å². The van der Waals surface area contributed by atoms with Crippen LogP contribution in [0.3, 0.4) is 0 Å². The number of carbonyl (C=O) groups excluding carboxylic acids is 1. The summed E-state index contributed by atoms with van der Waals surface area (Å²) in [4.78, 5) is 30.0. The van der Waals surface area contributed by atoms with Gasteiger partial charge in [0, 0.05) is 12.0 Å². The fourth-order valence-electron chi connectivity index (χ4n) is 4.58. The molecule has 0 atom stereocenters. The van der Waals surface area contributed by atoms with Gasteiger partial charge in [-0.2, -0.15) is 5.26 Å². The normalized spacial score (nSPS) is 11.2. The van der Waals surface area contributed by atoms with Gasteiger partial charge in [0.25, 0.3) is 5.56 Å². The fourth-order valence-corrected chi connectivity index (χ4v) is 4.58. The summed E-state index contributed by atoms with van der Waals surface area (Å²) in [6, 6.07) is 24.9. The second kappa shape index (κ2) is 11.9. The van der Waals surface area contributed by atoms with Crippen molar-refractivity contribution in [3.8, 4) is 28.6 Å². The molecule has 0 saturated carbocycles. The first-order valence-corrected chi connectivity index (χ1v) is 13.2. The Morgan fingerprint density at radius 1 is 1.03 bits per heavy atom.